The van der Waals surface area contributed by atoms with Gasteiger partial charge in [0.15, 0.2) is 0 Å². The molecule has 2 aromatic rings. The van der Waals surface area contributed by atoms with Gasteiger partial charge >= 0.3 is 6.03 Å². The summed E-state index contributed by atoms with van der Waals surface area (Å²) < 4.78 is 5.99. The molecule has 5 heteroatoms. The summed E-state index contributed by atoms with van der Waals surface area (Å²) in [6, 6.07) is 11.5. The first-order valence-corrected chi connectivity index (χ1v) is 8.17. The van der Waals surface area contributed by atoms with Gasteiger partial charge in [-0.05, 0) is 38.5 Å². The topological polar surface area (TPSA) is 63.2 Å². The SMILES string of the molecule is Cc1cccnc1CNC(=O)NC1CC(C)(C)Oc2ccccc21. The van der Waals surface area contributed by atoms with Crippen molar-refractivity contribution in [2.45, 2.75) is 45.4 Å². The fourth-order valence-corrected chi connectivity index (χ4v) is 3.01. The molecule has 24 heavy (non-hydrogen) atoms. The third kappa shape index (κ3) is 3.67. The van der Waals surface area contributed by atoms with Crippen LogP contribution in [0.5, 0.6) is 5.75 Å². The second-order valence-corrected chi connectivity index (χ2v) is 6.75. The number of para-hydroxylation sites is 1. The van der Waals surface area contributed by atoms with E-state index in [9.17, 15) is 4.79 Å². The van der Waals surface area contributed by atoms with Crippen molar-refractivity contribution in [3.63, 3.8) is 0 Å². The number of fused-ring (bicyclic) bond motifs is 1. The van der Waals surface area contributed by atoms with E-state index in [2.05, 4.69) is 15.6 Å². The molecule has 1 unspecified atom stereocenters. The lowest BCUT2D eigenvalue weighted by molar-refractivity contribution is 0.0679. The number of nitrogens with one attached hydrogen (secondary N) is 2. The predicted molar refractivity (Wildman–Crippen MR) is 92.9 cm³/mol. The normalized spacial score (nSPS) is 18.2. The van der Waals surface area contributed by atoms with Gasteiger partial charge in [0.2, 0.25) is 0 Å². The van der Waals surface area contributed by atoms with Gasteiger partial charge in [-0.2, -0.15) is 0 Å². The second kappa shape index (κ2) is 6.51. The van der Waals surface area contributed by atoms with Gasteiger partial charge in [0, 0.05) is 18.2 Å². The van der Waals surface area contributed by atoms with E-state index < -0.39 is 0 Å². The zero-order valence-corrected chi connectivity index (χ0v) is 14.3. The van der Waals surface area contributed by atoms with Crippen LogP contribution in [0, 0.1) is 6.92 Å². The van der Waals surface area contributed by atoms with E-state index in [1.54, 1.807) is 6.20 Å². The van der Waals surface area contributed by atoms with Crippen molar-refractivity contribution < 1.29 is 9.53 Å². The van der Waals surface area contributed by atoms with Gasteiger partial charge in [-0.25, -0.2) is 4.79 Å². The van der Waals surface area contributed by atoms with Crippen molar-refractivity contribution in [2.75, 3.05) is 0 Å². The summed E-state index contributed by atoms with van der Waals surface area (Å²) in [5.41, 5.74) is 2.64. The summed E-state index contributed by atoms with van der Waals surface area (Å²) in [5, 5.41) is 5.95. The number of ether oxygens (including phenoxy) is 1. The van der Waals surface area contributed by atoms with Crippen LogP contribution in [-0.2, 0) is 6.54 Å². The molecule has 0 fully saturated rings. The third-order valence-electron chi connectivity index (χ3n) is 4.22. The molecule has 2 N–H and O–H groups in total. The summed E-state index contributed by atoms with van der Waals surface area (Å²) in [6.45, 7) is 6.46. The fourth-order valence-electron chi connectivity index (χ4n) is 3.01. The maximum atomic E-state index is 12.3. The van der Waals surface area contributed by atoms with E-state index >= 15 is 0 Å². The minimum absolute atomic E-state index is 0.0743. The number of aromatic nitrogens is 1. The molecule has 0 spiro atoms. The van der Waals surface area contributed by atoms with E-state index in [1.165, 1.54) is 0 Å². The lowest BCUT2D eigenvalue weighted by Gasteiger charge is -2.37. The quantitative estimate of drug-likeness (QED) is 0.908. The molecule has 3 rings (SSSR count). The van der Waals surface area contributed by atoms with E-state index in [1.807, 2.05) is 57.2 Å². The van der Waals surface area contributed by atoms with Crippen LogP contribution in [0.3, 0.4) is 0 Å². The number of aryl methyl sites for hydroxylation is 1. The number of urea groups is 1. The standard InChI is InChI=1S/C19H23N3O2/c1-13-7-6-10-20-16(13)12-21-18(23)22-15-11-19(2,3)24-17-9-5-4-8-14(15)17/h4-10,15H,11-12H2,1-3H3,(H2,21,22,23). The molecular weight excluding hydrogens is 302 g/mol. The molecule has 1 aliphatic heterocycles. The summed E-state index contributed by atoms with van der Waals surface area (Å²) in [4.78, 5) is 16.6. The van der Waals surface area contributed by atoms with Crippen LogP contribution in [0.1, 0.15) is 43.1 Å². The molecule has 1 atom stereocenters. The molecule has 0 saturated heterocycles. The highest BCUT2D eigenvalue weighted by atomic mass is 16.5. The predicted octanol–water partition coefficient (Wildman–Crippen LogP) is 3.49. The van der Waals surface area contributed by atoms with Crippen LogP contribution in [0.15, 0.2) is 42.6 Å². The van der Waals surface area contributed by atoms with Gasteiger partial charge < -0.3 is 15.4 Å². The highest BCUT2D eigenvalue weighted by Gasteiger charge is 2.34. The van der Waals surface area contributed by atoms with E-state index in [0.29, 0.717) is 6.54 Å². The lowest BCUT2D eigenvalue weighted by Crippen LogP contribution is -2.44. The van der Waals surface area contributed by atoms with Crippen molar-refractivity contribution in [1.82, 2.24) is 15.6 Å². The van der Waals surface area contributed by atoms with Crippen LogP contribution in [0.4, 0.5) is 4.79 Å². The number of nitrogens with zero attached hydrogens (tertiary/aromatic N) is 1. The Labute approximate surface area is 142 Å². The summed E-state index contributed by atoms with van der Waals surface area (Å²) in [6.07, 6.45) is 2.46. The molecule has 126 valence electrons. The molecular formula is C19H23N3O2. The highest BCUT2D eigenvalue weighted by Crippen LogP contribution is 2.39. The van der Waals surface area contributed by atoms with E-state index in [4.69, 9.17) is 4.74 Å². The molecule has 0 aliphatic carbocycles. The van der Waals surface area contributed by atoms with Gasteiger partial charge in [0.1, 0.15) is 11.4 Å². The molecule has 0 radical (unpaired) electrons. The molecule has 0 bridgehead atoms. The average molecular weight is 325 g/mol. The van der Waals surface area contributed by atoms with Crippen molar-refractivity contribution >= 4 is 6.03 Å². The Balaban J connectivity index is 1.67. The Morgan fingerprint density at radius 1 is 1.29 bits per heavy atom. The Bertz CT molecular complexity index is 743. The molecule has 2 heterocycles. The van der Waals surface area contributed by atoms with Gasteiger partial charge in [0.05, 0.1) is 18.3 Å². The number of benzene rings is 1. The highest BCUT2D eigenvalue weighted by molar-refractivity contribution is 5.74. The minimum atomic E-state index is -0.316. The number of rotatable bonds is 3. The average Bonchev–Trinajstić information content (AvgIpc) is 2.53. The maximum Gasteiger partial charge on any atom is 0.315 e. The first kappa shape index (κ1) is 16.3. The number of amides is 2. The molecule has 1 aromatic heterocycles. The monoisotopic (exact) mass is 325 g/mol. The first-order chi connectivity index (χ1) is 11.4. The van der Waals surface area contributed by atoms with Crippen molar-refractivity contribution in [1.29, 1.82) is 0 Å². The first-order valence-electron chi connectivity index (χ1n) is 8.17. The Morgan fingerprint density at radius 2 is 2.08 bits per heavy atom. The van der Waals surface area contributed by atoms with Crippen molar-refractivity contribution in [3.05, 3.63) is 59.4 Å². The lowest BCUT2D eigenvalue weighted by atomic mass is 9.90. The molecule has 5 nitrogen and oxygen atoms in total. The summed E-state index contributed by atoms with van der Waals surface area (Å²) in [7, 11) is 0. The van der Waals surface area contributed by atoms with E-state index in [-0.39, 0.29) is 17.7 Å². The van der Waals surface area contributed by atoms with Crippen molar-refractivity contribution in [2.24, 2.45) is 0 Å². The summed E-state index contributed by atoms with van der Waals surface area (Å²) in [5.74, 6) is 0.833. The van der Waals surface area contributed by atoms with Crippen molar-refractivity contribution in [3.8, 4) is 5.75 Å². The van der Waals surface area contributed by atoms with Gasteiger partial charge in [0.25, 0.3) is 0 Å². The number of carbonyl (C=O) groups is 1. The second-order valence-electron chi connectivity index (χ2n) is 6.75. The fraction of sp³-hybridized carbons (Fsp3) is 0.368. The maximum absolute atomic E-state index is 12.3. The largest absolute Gasteiger partial charge is 0.487 e. The van der Waals surface area contributed by atoms with Gasteiger partial charge in [-0.15, -0.1) is 0 Å². The smallest absolute Gasteiger partial charge is 0.315 e. The zero-order chi connectivity index (χ0) is 17.2. The van der Waals surface area contributed by atoms with Gasteiger partial charge in [-0.1, -0.05) is 24.3 Å². The Hall–Kier alpha value is -2.56. The van der Waals surface area contributed by atoms with Crippen LogP contribution >= 0.6 is 0 Å². The van der Waals surface area contributed by atoms with Gasteiger partial charge in [-0.3, -0.25) is 4.98 Å². The molecule has 2 amide bonds. The number of hydrogen-bond acceptors (Lipinski definition) is 3. The number of hydrogen-bond donors (Lipinski definition) is 2. The summed E-state index contributed by atoms with van der Waals surface area (Å²) >= 11 is 0. The van der Waals surface area contributed by atoms with E-state index in [0.717, 1.165) is 29.0 Å². The molecule has 0 saturated carbocycles. The Kier molecular flexibility index (Phi) is 4.42. The Morgan fingerprint density at radius 3 is 2.88 bits per heavy atom. The third-order valence-corrected chi connectivity index (χ3v) is 4.22. The van der Waals surface area contributed by atoms with Crippen LogP contribution in [0.25, 0.3) is 0 Å². The van der Waals surface area contributed by atoms with Crippen LogP contribution in [-0.4, -0.2) is 16.6 Å². The number of carbonyl (C=O) groups excluding carboxylic acids is 1. The molecule has 1 aromatic carbocycles. The number of pyridine rings is 1. The zero-order valence-electron chi connectivity index (χ0n) is 14.3. The van der Waals surface area contributed by atoms with Crippen LogP contribution in [0.2, 0.25) is 0 Å². The minimum Gasteiger partial charge on any atom is -0.487 e. The van der Waals surface area contributed by atoms with Crippen LogP contribution < -0.4 is 15.4 Å². The molecule has 1 aliphatic rings.